The van der Waals surface area contributed by atoms with E-state index in [0.717, 1.165) is 22.3 Å². The van der Waals surface area contributed by atoms with E-state index in [2.05, 4.69) is 120 Å². The molecule has 36 heavy (non-hydrogen) atoms. The molecule has 6 rings (SSSR count). The minimum Gasteiger partial charge on any atom is -0.315 e. The molecule has 0 bridgehead atoms. The van der Waals surface area contributed by atoms with Crippen molar-refractivity contribution in [1.29, 1.82) is 0 Å². The summed E-state index contributed by atoms with van der Waals surface area (Å²) in [5.41, 5.74) is 3.76. The molecule has 2 saturated heterocycles. The highest BCUT2D eigenvalue weighted by molar-refractivity contribution is 8.01. The zero-order valence-corrected chi connectivity index (χ0v) is 21.2. The molecular formula is C28H28N6OS. The Balaban J connectivity index is 1.49. The van der Waals surface area contributed by atoms with Gasteiger partial charge in [-0.3, -0.25) is 10.1 Å². The highest BCUT2D eigenvalue weighted by atomic mass is 32.2. The number of thioether (sulfide) groups is 1. The fourth-order valence-corrected chi connectivity index (χ4v) is 7.43. The van der Waals surface area contributed by atoms with Crippen LogP contribution in [0.4, 0.5) is 0 Å². The normalized spacial score (nSPS) is 22.8. The number of fused-ring (bicyclic) bond motifs is 1. The maximum atomic E-state index is 13.9. The van der Waals surface area contributed by atoms with Gasteiger partial charge in [-0.25, -0.2) is 5.10 Å². The molecule has 182 valence electrons. The van der Waals surface area contributed by atoms with Gasteiger partial charge < -0.3 is 4.90 Å². The number of β-lactam (4-membered cyclic amide) rings is 1. The predicted molar refractivity (Wildman–Crippen MR) is 140 cm³/mol. The Morgan fingerprint density at radius 3 is 2.14 bits per heavy atom. The number of tetrazole rings is 1. The molecule has 2 aliphatic heterocycles. The van der Waals surface area contributed by atoms with E-state index in [1.165, 1.54) is 0 Å². The summed E-state index contributed by atoms with van der Waals surface area (Å²) < 4.78 is -0.247. The molecule has 3 atom stereocenters. The molecule has 1 amide bonds. The van der Waals surface area contributed by atoms with Crippen molar-refractivity contribution in [3.05, 3.63) is 113 Å². The van der Waals surface area contributed by atoms with E-state index in [0.29, 0.717) is 5.82 Å². The first kappa shape index (κ1) is 22.9. The van der Waals surface area contributed by atoms with Crippen LogP contribution in [-0.4, -0.2) is 47.6 Å². The highest BCUT2D eigenvalue weighted by Gasteiger charge is 2.64. The van der Waals surface area contributed by atoms with Gasteiger partial charge in [0.1, 0.15) is 17.5 Å². The average molecular weight is 497 g/mol. The van der Waals surface area contributed by atoms with E-state index < -0.39 is 5.54 Å². The lowest BCUT2D eigenvalue weighted by Gasteiger charge is -2.49. The summed E-state index contributed by atoms with van der Waals surface area (Å²) in [5.74, 6) is 0.683. The Morgan fingerprint density at radius 1 is 0.944 bits per heavy atom. The molecule has 0 radical (unpaired) electrons. The Bertz CT molecular complexity index is 1340. The van der Waals surface area contributed by atoms with Crippen LogP contribution in [-0.2, 0) is 10.3 Å². The second-order valence-corrected chi connectivity index (χ2v) is 11.7. The third kappa shape index (κ3) is 3.39. The summed E-state index contributed by atoms with van der Waals surface area (Å²) in [6.07, 6.45) is 0. The quantitative estimate of drug-likeness (QED) is 0.307. The van der Waals surface area contributed by atoms with E-state index in [9.17, 15) is 4.79 Å². The summed E-state index contributed by atoms with van der Waals surface area (Å²) in [6.45, 7) is 6.43. The number of amides is 1. The second kappa shape index (κ2) is 8.57. The van der Waals surface area contributed by atoms with Crippen LogP contribution in [0.5, 0.6) is 0 Å². The van der Waals surface area contributed by atoms with E-state index in [-0.39, 0.29) is 28.1 Å². The van der Waals surface area contributed by atoms with Crippen LogP contribution < -0.4 is 5.32 Å². The molecular weight excluding hydrogens is 468 g/mol. The van der Waals surface area contributed by atoms with Crippen molar-refractivity contribution in [1.82, 2.24) is 30.8 Å². The van der Waals surface area contributed by atoms with Crippen LogP contribution in [0.2, 0.25) is 0 Å². The number of benzene rings is 3. The number of aromatic amines is 1. The van der Waals surface area contributed by atoms with Crippen molar-refractivity contribution in [3.63, 3.8) is 0 Å². The molecule has 2 N–H and O–H groups in total. The van der Waals surface area contributed by atoms with Gasteiger partial charge in [-0.2, -0.15) is 0 Å². The topological polar surface area (TPSA) is 86.8 Å². The fourth-order valence-electron chi connectivity index (χ4n) is 5.80. The largest absolute Gasteiger partial charge is 0.315 e. The van der Waals surface area contributed by atoms with Crippen LogP contribution >= 0.6 is 11.8 Å². The van der Waals surface area contributed by atoms with Gasteiger partial charge in [0.15, 0.2) is 5.82 Å². The number of nitrogens with zero attached hydrogens (tertiary/aromatic N) is 4. The fraction of sp³-hybridized carbons (Fsp3) is 0.286. The average Bonchev–Trinajstić information content (AvgIpc) is 3.51. The number of aromatic nitrogens is 4. The summed E-state index contributed by atoms with van der Waals surface area (Å²) in [7, 11) is 0. The molecule has 0 aliphatic carbocycles. The molecule has 2 aliphatic rings. The lowest BCUT2D eigenvalue weighted by atomic mass is 9.74. The number of aryl methyl sites for hydroxylation is 1. The molecule has 7 nitrogen and oxygen atoms in total. The number of nitrogens with one attached hydrogen (secondary N) is 2. The van der Waals surface area contributed by atoms with E-state index in [4.69, 9.17) is 0 Å². The Morgan fingerprint density at radius 2 is 1.56 bits per heavy atom. The zero-order valence-electron chi connectivity index (χ0n) is 20.4. The smallest absolute Gasteiger partial charge is 0.244 e. The van der Waals surface area contributed by atoms with Gasteiger partial charge in [-0.1, -0.05) is 84.9 Å². The third-order valence-corrected chi connectivity index (χ3v) is 8.97. The van der Waals surface area contributed by atoms with Gasteiger partial charge in [-0.15, -0.1) is 16.9 Å². The Kier molecular flexibility index (Phi) is 5.46. The molecule has 2 unspecified atom stereocenters. The standard InChI is InChI=1S/C28H28N6OS/c1-18-12-10-11-17-21(18)28(19-13-6-4-7-14-19,20-15-8-5-9-16-20)29-22-25(35)34-23(24-30-32-33-31-24)27(2,3)36-26(22)34/h4-17,22-23,26,29H,1-3H3,(H,30,31,32,33)/t22?,23?,26-/m1/s1. The Hall–Kier alpha value is -3.49. The van der Waals surface area contributed by atoms with Crippen LogP contribution in [0.15, 0.2) is 84.9 Å². The minimum absolute atomic E-state index is 0.0431. The Labute approximate surface area is 214 Å². The molecule has 0 spiro atoms. The molecule has 3 heterocycles. The van der Waals surface area contributed by atoms with Gasteiger partial charge in [-0.05, 0) is 53.5 Å². The molecule has 8 heteroatoms. The summed E-state index contributed by atoms with van der Waals surface area (Å²) in [6, 6.07) is 28.7. The molecule has 3 aromatic carbocycles. The zero-order chi connectivity index (χ0) is 24.9. The van der Waals surface area contributed by atoms with Crippen LogP contribution in [0.3, 0.4) is 0 Å². The van der Waals surface area contributed by atoms with Gasteiger partial charge in [0.25, 0.3) is 0 Å². The summed E-state index contributed by atoms with van der Waals surface area (Å²) >= 11 is 1.79. The van der Waals surface area contributed by atoms with E-state index in [1.807, 2.05) is 17.0 Å². The maximum Gasteiger partial charge on any atom is 0.244 e. The highest BCUT2D eigenvalue weighted by Crippen LogP contribution is 2.57. The number of rotatable bonds is 6. The lowest BCUT2D eigenvalue weighted by Crippen LogP contribution is -2.70. The van der Waals surface area contributed by atoms with E-state index in [1.54, 1.807) is 11.8 Å². The molecule has 4 aromatic rings. The van der Waals surface area contributed by atoms with Crippen LogP contribution in [0.1, 0.15) is 48.0 Å². The van der Waals surface area contributed by atoms with Crippen molar-refractivity contribution >= 4 is 17.7 Å². The van der Waals surface area contributed by atoms with Gasteiger partial charge in [0, 0.05) is 4.75 Å². The first-order chi connectivity index (χ1) is 17.4. The van der Waals surface area contributed by atoms with Crippen molar-refractivity contribution in [2.24, 2.45) is 0 Å². The van der Waals surface area contributed by atoms with Crippen molar-refractivity contribution < 1.29 is 4.79 Å². The van der Waals surface area contributed by atoms with Gasteiger partial charge in [0.05, 0.1) is 5.54 Å². The maximum absolute atomic E-state index is 13.9. The van der Waals surface area contributed by atoms with Crippen LogP contribution in [0, 0.1) is 6.92 Å². The first-order valence-electron chi connectivity index (χ1n) is 12.1. The number of hydrogen-bond donors (Lipinski definition) is 2. The van der Waals surface area contributed by atoms with Crippen molar-refractivity contribution in [2.75, 3.05) is 0 Å². The molecule has 2 fully saturated rings. The SMILES string of the molecule is Cc1ccccc1C(NC1C(=O)N2C(c3nnn[nH]3)C(C)(C)S[C@H]12)(c1ccccc1)c1ccccc1. The number of carbonyl (C=O) groups excluding carboxylic acids is 1. The van der Waals surface area contributed by atoms with Gasteiger partial charge in [0.2, 0.25) is 5.91 Å². The number of carbonyl (C=O) groups is 1. The predicted octanol–water partition coefficient (Wildman–Crippen LogP) is 4.19. The summed E-state index contributed by atoms with van der Waals surface area (Å²) in [5, 5.41) is 18.4. The summed E-state index contributed by atoms with van der Waals surface area (Å²) in [4.78, 5) is 15.8. The second-order valence-electron chi connectivity index (χ2n) is 9.97. The lowest BCUT2D eigenvalue weighted by molar-refractivity contribution is -0.150. The van der Waals surface area contributed by atoms with Crippen molar-refractivity contribution in [2.45, 2.75) is 48.5 Å². The van der Waals surface area contributed by atoms with Crippen molar-refractivity contribution in [3.8, 4) is 0 Å². The monoisotopic (exact) mass is 496 g/mol. The van der Waals surface area contributed by atoms with Crippen LogP contribution in [0.25, 0.3) is 0 Å². The van der Waals surface area contributed by atoms with Gasteiger partial charge >= 0.3 is 0 Å². The minimum atomic E-state index is -0.711. The number of H-pyrrole nitrogens is 1. The molecule has 0 saturated carbocycles. The first-order valence-corrected chi connectivity index (χ1v) is 13.0. The number of hydrogen-bond acceptors (Lipinski definition) is 6. The van der Waals surface area contributed by atoms with E-state index >= 15 is 0 Å². The molecule has 1 aromatic heterocycles. The third-order valence-electron chi connectivity index (χ3n) is 7.40.